The van der Waals surface area contributed by atoms with Crippen LogP contribution in [0, 0.1) is 13.8 Å². The van der Waals surface area contributed by atoms with Gasteiger partial charge in [0.15, 0.2) is 6.10 Å². The Bertz CT molecular complexity index is 996. The topological polar surface area (TPSA) is 55.6 Å². The molecule has 0 aliphatic rings. The van der Waals surface area contributed by atoms with Crippen LogP contribution >= 0.6 is 15.9 Å². The van der Waals surface area contributed by atoms with E-state index in [1.807, 2.05) is 68.4 Å². The molecule has 0 aliphatic heterocycles. The van der Waals surface area contributed by atoms with Crippen LogP contribution in [0.15, 0.2) is 70.2 Å². The highest BCUT2D eigenvalue weighted by Gasteiger charge is 2.19. The first-order valence-corrected chi connectivity index (χ1v) is 9.66. The molecule has 0 spiro atoms. The maximum Gasteiger partial charge on any atom is 0.273 e. The first-order chi connectivity index (χ1) is 13.5. The highest BCUT2D eigenvalue weighted by molar-refractivity contribution is 9.10. The van der Waals surface area contributed by atoms with E-state index in [0.29, 0.717) is 0 Å². The number of hydrogen-bond acceptors (Lipinski definition) is 3. The van der Waals surface area contributed by atoms with E-state index in [-0.39, 0.29) is 5.91 Å². The summed E-state index contributed by atoms with van der Waals surface area (Å²) in [6.07, 6.45) is 0.955. The van der Waals surface area contributed by atoms with Gasteiger partial charge in [-0.1, -0.05) is 42.5 Å². The number of hydrazone groups is 1. The van der Waals surface area contributed by atoms with Crippen molar-refractivity contribution in [3.05, 3.63) is 87.7 Å². The van der Waals surface area contributed by atoms with Crippen LogP contribution in [-0.2, 0) is 9.53 Å². The van der Waals surface area contributed by atoms with Crippen LogP contribution in [0.3, 0.4) is 0 Å². The smallest absolute Gasteiger partial charge is 0.273 e. The number of halogens is 1. The molecule has 0 saturated carbocycles. The lowest BCUT2D eigenvalue weighted by Crippen LogP contribution is -2.26. The summed E-state index contributed by atoms with van der Waals surface area (Å²) in [7, 11) is 1.51. The molecule has 0 saturated heterocycles. The predicted octanol–water partition coefficient (Wildman–Crippen LogP) is 4.69. The molecular weight excluding hydrogens is 418 g/mol. The first kappa shape index (κ1) is 20.0. The number of carbonyl (C=O) groups excluding carboxylic acids is 1. The number of benzene rings is 2. The first-order valence-electron chi connectivity index (χ1n) is 8.87. The van der Waals surface area contributed by atoms with Crippen molar-refractivity contribution >= 4 is 28.1 Å². The van der Waals surface area contributed by atoms with Crippen molar-refractivity contribution in [3.8, 4) is 5.69 Å². The molecular formula is C22H22BrN3O2. The summed E-state index contributed by atoms with van der Waals surface area (Å²) in [4.78, 5) is 12.4. The van der Waals surface area contributed by atoms with E-state index in [1.165, 1.54) is 7.11 Å². The SMILES string of the molecule is CO[C@H](C(=O)N/N=C\c1cc(C)n(-c2ccccc2Br)c1C)c1ccccc1. The van der Waals surface area contributed by atoms with Gasteiger partial charge in [0.1, 0.15) is 0 Å². The number of methoxy groups -OCH3 is 1. The fourth-order valence-electron chi connectivity index (χ4n) is 3.17. The Hall–Kier alpha value is -2.70. The van der Waals surface area contributed by atoms with Crippen LogP contribution < -0.4 is 5.43 Å². The molecule has 0 aliphatic carbocycles. The van der Waals surface area contributed by atoms with E-state index >= 15 is 0 Å². The highest BCUT2D eigenvalue weighted by atomic mass is 79.9. The Labute approximate surface area is 173 Å². The van der Waals surface area contributed by atoms with Gasteiger partial charge >= 0.3 is 0 Å². The summed E-state index contributed by atoms with van der Waals surface area (Å²) in [5.74, 6) is -0.315. The number of rotatable bonds is 6. The molecule has 1 atom stereocenters. The average Bonchev–Trinajstić information content (AvgIpc) is 2.97. The van der Waals surface area contributed by atoms with Crippen molar-refractivity contribution in [2.45, 2.75) is 20.0 Å². The fraction of sp³-hybridized carbons (Fsp3) is 0.182. The Morgan fingerprint density at radius 3 is 2.50 bits per heavy atom. The zero-order valence-electron chi connectivity index (χ0n) is 16.0. The number of hydrogen-bond donors (Lipinski definition) is 1. The molecule has 3 aromatic rings. The number of amides is 1. The van der Waals surface area contributed by atoms with Crippen molar-refractivity contribution in [1.82, 2.24) is 9.99 Å². The Balaban J connectivity index is 1.77. The molecule has 28 heavy (non-hydrogen) atoms. The molecule has 5 nitrogen and oxygen atoms in total. The molecule has 3 rings (SSSR count). The second-order valence-electron chi connectivity index (χ2n) is 6.37. The molecule has 0 radical (unpaired) electrons. The summed E-state index contributed by atoms with van der Waals surface area (Å²) < 4.78 is 8.48. The molecule has 1 amide bonds. The number of carbonyl (C=O) groups is 1. The largest absolute Gasteiger partial charge is 0.367 e. The summed E-state index contributed by atoms with van der Waals surface area (Å²) in [6, 6.07) is 19.4. The van der Waals surface area contributed by atoms with Crippen molar-refractivity contribution < 1.29 is 9.53 Å². The van der Waals surface area contributed by atoms with Gasteiger partial charge in [0.25, 0.3) is 5.91 Å². The van der Waals surface area contributed by atoms with Gasteiger partial charge in [-0.3, -0.25) is 4.79 Å². The maximum atomic E-state index is 12.4. The Kier molecular flexibility index (Phi) is 6.44. The van der Waals surface area contributed by atoms with Crippen LogP contribution in [-0.4, -0.2) is 23.8 Å². The predicted molar refractivity (Wildman–Crippen MR) is 115 cm³/mol. The fourth-order valence-corrected chi connectivity index (χ4v) is 3.63. The van der Waals surface area contributed by atoms with Crippen LogP contribution in [0.4, 0.5) is 0 Å². The minimum Gasteiger partial charge on any atom is -0.367 e. The van der Waals surface area contributed by atoms with Crippen LogP contribution in [0.1, 0.15) is 28.6 Å². The van der Waals surface area contributed by atoms with Crippen molar-refractivity contribution in [2.75, 3.05) is 7.11 Å². The second-order valence-corrected chi connectivity index (χ2v) is 7.23. The van der Waals surface area contributed by atoms with E-state index in [0.717, 1.165) is 32.7 Å². The Morgan fingerprint density at radius 2 is 1.82 bits per heavy atom. The molecule has 0 fully saturated rings. The van der Waals surface area contributed by atoms with Gasteiger partial charge < -0.3 is 9.30 Å². The lowest BCUT2D eigenvalue weighted by molar-refractivity contribution is -0.131. The molecule has 1 N–H and O–H groups in total. The van der Waals surface area contributed by atoms with Crippen molar-refractivity contribution in [1.29, 1.82) is 0 Å². The van der Waals surface area contributed by atoms with Gasteiger partial charge in [-0.05, 0) is 53.5 Å². The maximum absolute atomic E-state index is 12.4. The minimum absolute atomic E-state index is 0.315. The van der Waals surface area contributed by atoms with Crippen molar-refractivity contribution in [3.63, 3.8) is 0 Å². The van der Waals surface area contributed by atoms with Crippen LogP contribution in [0.25, 0.3) is 5.69 Å². The van der Waals surface area contributed by atoms with Gasteiger partial charge in [-0.25, -0.2) is 5.43 Å². The molecule has 0 unspecified atom stereocenters. The summed E-state index contributed by atoms with van der Waals surface area (Å²) in [5.41, 5.74) is 7.47. The van der Waals surface area contributed by atoms with Crippen LogP contribution in [0.2, 0.25) is 0 Å². The monoisotopic (exact) mass is 439 g/mol. The summed E-state index contributed by atoms with van der Waals surface area (Å²) in [5, 5.41) is 4.14. The van der Waals surface area contributed by atoms with Crippen molar-refractivity contribution in [2.24, 2.45) is 5.10 Å². The molecule has 1 heterocycles. The summed E-state index contributed by atoms with van der Waals surface area (Å²) in [6.45, 7) is 4.07. The van der Waals surface area contributed by atoms with Crippen LogP contribution in [0.5, 0.6) is 0 Å². The molecule has 0 bridgehead atoms. The Morgan fingerprint density at radius 1 is 1.14 bits per heavy atom. The second kappa shape index (κ2) is 8.99. The zero-order valence-corrected chi connectivity index (χ0v) is 17.6. The number of para-hydroxylation sites is 1. The van der Waals surface area contributed by atoms with Gasteiger partial charge in [0.2, 0.25) is 0 Å². The lowest BCUT2D eigenvalue weighted by atomic mass is 10.1. The number of nitrogens with one attached hydrogen (secondary N) is 1. The minimum atomic E-state index is -0.703. The number of aromatic nitrogens is 1. The molecule has 2 aromatic carbocycles. The molecule has 144 valence electrons. The quantitative estimate of drug-likeness (QED) is 0.447. The highest BCUT2D eigenvalue weighted by Crippen LogP contribution is 2.26. The van der Waals surface area contributed by atoms with Gasteiger partial charge in [-0.15, -0.1) is 0 Å². The van der Waals surface area contributed by atoms with E-state index in [1.54, 1.807) is 6.21 Å². The normalized spacial score (nSPS) is 12.3. The van der Waals surface area contributed by atoms with Gasteiger partial charge in [0.05, 0.1) is 11.9 Å². The molecule has 6 heteroatoms. The van der Waals surface area contributed by atoms with Gasteiger partial charge in [-0.2, -0.15) is 5.10 Å². The van der Waals surface area contributed by atoms with E-state index in [9.17, 15) is 4.79 Å². The third-order valence-electron chi connectivity index (χ3n) is 4.52. The van der Waals surface area contributed by atoms with E-state index < -0.39 is 6.10 Å². The third-order valence-corrected chi connectivity index (χ3v) is 5.19. The lowest BCUT2D eigenvalue weighted by Gasteiger charge is -2.13. The van der Waals surface area contributed by atoms with E-state index in [2.05, 4.69) is 37.1 Å². The number of ether oxygens (including phenoxy) is 1. The van der Waals surface area contributed by atoms with Gasteiger partial charge in [0, 0.05) is 28.5 Å². The third kappa shape index (κ3) is 4.24. The summed E-state index contributed by atoms with van der Waals surface area (Å²) >= 11 is 3.60. The average molecular weight is 440 g/mol. The molecule has 1 aromatic heterocycles. The number of aryl methyl sites for hydroxylation is 1. The number of nitrogens with zero attached hydrogens (tertiary/aromatic N) is 2. The zero-order chi connectivity index (χ0) is 20.1. The van der Waals surface area contributed by atoms with E-state index in [4.69, 9.17) is 4.74 Å². The standard InChI is InChI=1S/C22H22BrN3O2/c1-15-13-18(16(2)26(15)20-12-8-7-11-19(20)23)14-24-25-22(27)21(28-3)17-9-5-4-6-10-17/h4-14,21H,1-3H3,(H,25,27)/b24-14-/t21-/m0/s1.